The molecule has 0 amide bonds. The van der Waals surface area contributed by atoms with E-state index in [1.807, 2.05) is 5.10 Å². The van der Waals surface area contributed by atoms with Gasteiger partial charge in [-0.1, -0.05) is 34.4 Å². The summed E-state index contributed by atoms with van der Waals surface area (Å²) in [6.45, 7) is 0. The van der Waals surface area contributed by atoms with E-state index in [0.717, 1.165) is 0 Å². The predicted octanol–water partition coefficient (Wildman–Crippen LogP) is 1.99. The van der Waals surface area contributed by atoms with Crippen molar-refractivity contribution in [3.05, 3.63) is 43.9 Å². The molecule has 0 saturated heterocycles. The lowest BCUT2D eigenvalue weighted by Gasteiger charge is -2.02. The Hall–Kier alpha value is -1.71. The second kappa shape index (κ2) is 5.35. The van der Waals surface area contributed by atoms with Gasteiger partial charge in [0.15, 0.2) is 0 Å². The number of H-pyrrole nitrogens is 1. The van der Waals surface area contributed by atoms with Crippen LogP contribution in [0.3, 0.4) is 0 Å². The van der Waals surface area contributed by atoms with Crippen LogP contribution in [-0.4, -0.2) is 28.5 Å². The second-order valence-electron chi connectivity index (χ2n) is 3.69. The molecule has 1 aromatic carbocycles. The molecule has 0 unspecified atom stereocenters. The topological polar surface area (TPSA) is 119 Å². The molecule has 20 heavy (non-hydrogen) atoms. The van der Waals surface area contributed by atoms with Crippen LogP contribution >= 0.6 is 23.2 Å². The maximum Gasteiger partial charge on any atom is 0.454 e. The molecular formula is C9H6Cl2N4O4S. The van der Waals surface area contributed by atoms with Gasteiger partial charge in [-0.25, -0.2) is 8.42 Å². The number of hydrogen-bond acceptors (Lipinski definition) is 6. The number of aromatic nitrogens is 3. The molecule has 0 bridgehead atoms. The van der Waals surface area contributed by atoms with Gasteiger partial charge >= 0.3 is 11.1 Å². The van der Waals surface area contributed by atoms with Crippen molar-refractivity contribution in [3.8, 4) is 0 Å². The highest BCUT2D eigenvalue weighted by atomic mass is 35.5. The molecule has 8 nitrogen and oxygen atoms in total. The number of aromatic amines is 1. The first-order chi connectivity index (χ1) is 9.29. The van der Waals surface area contributed by atoms with Crippen molar-refractivity contribution < 1.29 is 13.3 Å². The zero-order chi connectivity index (χ0) is 14.9. The first-order valence-corrected chi connectivity index (χ1v) is 7.44. The van der Waals surface area contributed by atoms with E-state index in [1.165, 1.54) is 18.2 Å². The molecule has 0 fully saturated rings. The lowest BCUT2D eigenvalue weighted by atomic mass is 10.2. The minimum atomic E-state index is -3.95. The summed E-state index contributed by atoms with van der Waals surface area (Å²) >= 11 is 11.6. The number of nitro groups is 1. The van der Waals surface area contributed by atoms with Gasteiger partial charge in [-0.05, 0) is 27.6 Å². The summed E-state index contributed by atoms with van der Waals surface area (Å²) in [6, 6.07) is 4.33. The normalized spacial score (nSPS) is 11.5. The van der Waals surface area contributed by atoms with Crippen LogP contribution in [0.4, 0.5) is 5.95 Å². The highest BCUT2D eigenvalue weighted by molar-refractivity contribution is 7.90. The maximum atomic E-state index is 12.0. The van der Waals surface area contributed by atoms with Crippen molar-refractivity contribution in [2.24, 2.45) is 0 Å². The van der Waals surface area contributed by atoms with Crippen molar-refractivity contribution in [2.75, 3.05) is 0 Å². The minimum absolute atomic E-state index is 0.172. The number of nitrogens with one attached hydrogen (secondary N) is 1. The van der Waals surface area contributed by atoms with Gasteiger partial charge in [0.05, 0.1) is 5.75 Å². The van der Waals surface area contributed by atoms with Crippen LogP contribution in [0.1, 0.15) is 5.56 Å². The monoisotopic (exact) mass is 336 g/mol. The Kier molecular flexibility index (Phi) is 3.93. The molecule has 2 rings (SSSR count). The Balaban J connectivity index is 2.33. The Bertz CT molecular complexity index is 774. The average Bonchev–Trinajstić information content (AvgIpc) is 2.83. The van der Waals surface area contributed by atoms with Crippen LogP contribution in [-0.2, 0) is 15.6 Å². The van der Waals surface area contributed by atoms with Gasteiger partial charge in [-0.2, -0.15) is 0 Å². The molecule has 1 aromatic heterocycles. The number of hydrogen-bond donors (Lipinski definition) is 1. The molecule has 0 aliphatic rings. The summed E-state index contributed by atoms with van der Waals surface area (Å²) in [5, 5.41) is 15.6. The molecule has 0 aliphatic heterocycles. The quantitative estimate of drug-likeness (QED) is 0.673. The number of sulfone groups is 1. The van der Waals surface area contributed by atoms with E-state index in [9.17, 15) is 18.5 Å². The van der Waals surface area contributed by atoms with Crippen molar-refractivity contribution in [3.63, 3.8) is 0 Å². The summed E-state index contributed by atoms with van der Waals surface area (Å²) in [5.74, 6) is -1.23. The summed E-state index contributed by atoms with van der Waals surface area (Å²) in [7, 11) is -3.95. The highest BCUT2D eigenvalue weighted by Crippen LogP contribution is 2.24. The zero-order valence-electron chi connectivity index (χ0n) is 9.58. The Morgan fingerprint density at radius 1 is 1.35 bits per heavy atom. The van der Waals surface area contributed by atoms with Crippen LogP contribution in [0.25, 0.3) is 0 Å². The highest BCUT2D eigenvalue weighted by Gasteiger charge is 2.28. The molecule has 1 heterocycles. The molecule has 0 spiro atoms. The van der Waals surface area contributed by atoms with E-state index in [4.69, 9.17) is 23.2 Å². The molecule has 0 atom stereocenters. The average molecular weight is 337 g/mol. The zero-order valence-corrected chi connectivity index (χ0v) is 11.9. The number of benzene rings is 1. The maximum absolute atomic E-state index is 12.0. The van der Waals surface area contributed by atoms with Crippen molar-refractivity contribution in [1.29, 1.82) is 0 Å². The summed E-state index contributed by atoms with van der Waals surface area (Å²) in [4.78, 5) is 12.9. The van der Waals surface area contributed by atoms with Crippen molar-refractivity contribution in [2.45, 2.75) is 10.9 Å². The molecule has 106 valence electrons. The second-order valence-corrected chi connectivity index (χ2v) is 6.42. The van der Waals surface area contributed by atoms with Gasteiger partial charge in [-0.3, -0.25) is 0 Å². The van der Waals surface area contributed by atoms with E-state index in [0.29, 0.717) is 10.6 Å². The minimum Gasteiger partial charge on any atom is -0.390 e. The Labute approximate surface area is 122 Å². The third-order valence-corrected chi connectivity index (χ3v) is 4.28. The third kappa shape index (κ3) is 3.06. The van der Waals surface area contributed by atoms with Gasteiger partial charge in [0.2, 0.25) is 9.84 Å². The lowest BCUT2D eigenvalue weighted by Crippen LogP contribution is -2.07. The summed E-state index contributed by atoms with van der Waals surface area (Å²) in [5.41, 5.74) is 0.295. The molecule has 0 aliphatic carbocycles. The van der Waals surface area contributed by atoms with Crippen LogP contribution < -0.4 is 0 Å². The third-order valence-electron chi connectivity index (χ3n) is 2.26. The molecule has 11 heteroatoms. The Morgan fingerprint density at radius 2 is 2.05 bits per heavy atom. The summed E-state index contributed by atoms with van der Waals surface area (Å²) < 4.78 is 24.0. The summed E-state index contributed by atoms with van der Waals surface area (Å²) in [6.07, 6.45) is 0. The fourth-order valence-corrected chi connectivity index (χ4v) is 3.12. The fourth-order valence-electron chi connectivity index (χ4n) is 1.37. The van der Waals surface area contributed by atoms with Gasteiger partial charge < -0.3 is 10.1 Å². The number of halogens is 2. The van der Waals surface area contributed by atoms with Crippen LogP contribution in [0.15, 0.2) is 23.4 Å². The first-order valence-electron chi connectivity index (χ1n) is 5.03. The van der Waals surface area contributed by atoms with E-state index >= 15 is 0 Å². The van der Waals surface area contributed by atoms with Crippen LogP contribution in [0, 0.1) is 10.1 Å². The van der Waals surface area contributed by atoms with E-state index in [1.54, 1.807) is 0 Å². The van der Waals surface area contributed by atoms with E-state index < -0.39 is 31.6 Å². The van der Waals surface area contributed by atoms with Crippen molar-refractivity contribution in [1.82, 2.24) is 15.2 Å². The Morgan fingerprint density at radius 3 is 2.60 bits per heavy atom. The SMILES string of the molecule is O=[N+]([O-])c1nc(S(=O)(=O)Cc2ccc(Cl)cc2Cl)n[nH]1. The standard InChI is InChI=1S/C9H6Cl2N4O4S/c10-6-2-1-5(7(11)3-6)4-20(18,19)9-12-8(13-14-9)15(16)17/h1-3H,4H2,(H,12,13,14). The molecule has 2 aromatic rings. The molecule has 0 radical (unpaired) electrons. The molecular weight excluding hydrogens is 331 g/mol. The lowest BCUT2D eigenvalue weighted by molar-refractivity contribution is -0.394. The predicted molar refractivity (Wildman–Crippen MR) is 70.4 cm³/mol. The fraction of sp³-hybridized carbons (Fsp3) is 0.111. The van der Waals surface area contributed by atoms with Gasteiger partial charge in [-0.15, -0.1) is 5.10 Å². The smallest absolute Gasteiger partial charge is 0.390 e. The number of nitrogens with zero attached hydrogens (tertiary/aromatic N) is 3. The molecule has 0 saturated carbocycles. The van der Waals surface area contributed by atoms with Crippen molar-refractivity contribution >= 4 is 39.0 Å². The van der Waals surface area contributed by atoms with Gasteiger partial charge in [0.25, 0.3) is 0 Å². The van der Waals surface area contributed by atoms with E-state index in [2.05, 4.69) is 10.1 Å². The van der Waals surface area contributed by atoms with Crippen LogP contribution in [0.5, 0.6) is 0 Å². The van der Waals surface area contributed by atoms with Gasteiger partial charge in [0.1, 0.15) is 0 Å². The first kappa shape index (κ1) is 14.7. The molecule has 1 N–H and O–H groups in total. The number of rotatable bonds is 4. The van der Waals surface area contributed by atoms with E-state index in [-0.39, 0.29) is 5.02 Å². The van der Waals surface area contributed by atoms with Gasteiger partial charge in [0, 0.05) is 10.0 Å². The largest absolute Gasteiger partial charge is 0.454 e. The van der Waals surface area contributed by atoms with Crippen LogP contribution in [0.2, 0.25) is 10.0 Å².